The number of ether oxygens (including phenoxy) is 1. The Labute approximate surface area is 118 Å². The van der Waals surface area contributed by atoms with Crippen molar-refractivity contribution in [3.05, 3.63) is 0 Å². The van der Waals surface area contributed by atoms with Gasteiger partial charge in [0.1, 0.15) is 0 Å². The van der Waals surface area contributed by atoms with Gasteiger partial charge in [-0.3, -0.25) is 0 Å². The number of hydrogen-bond acceptors (Lipinski definition) is 3. The van der Waals surface area contributed by atoms with Crippen LogP contribution in [-0.4, -0.2) is 49.3 Å². The van der Waals surface area contributed by atoms with Crippen LogP contribution in [0.3, 0.4) is 0 Å². The Kier molecular flexibility index (Phi) is 3.89. The summed E-state index contributed by atoms with van der Waals surface area (Å²) < 4.78 is 6.00. The first kappa shape index (κ1) is 13.8. The molecule has 2 heterocycles. The monoisotopic (exact) mass is 266 g/mol. The lowest BCUT2D eigenvalue weighted by Crippen LogP contribution is -2.71. The van der Waals surface area contributed by atoms with Crippen LogP contribution in [-0.2, 0) is 4.74 Å². The van der Waals surface area contributed by atoms with Crippen molar-refractivity contribution >= 4 is 0 Å². The molecule has 0 bridgehead atoms. The lowest BCUT2D eigenvalue weighted by atomic mass is 9.55. The van der Waals surface area contributed by atoms with E-state index in [4.69, 9.17) is 4.74 Å². The van der Waals surface area contributed by atoms with Gasteiger partial charge in [-0.05, 0) is 45.3 Å². The molecule has 0 aromatic carbocycles. The van der Waals surface area contributed by atoms with Gasteiger partial charge in [0.25, 0.3) is 0 Å². The molecule has 1 aliphatic carbocycles. The van der Waals surface area contributed by atoms with Gasteiger partial charge in [0, 0.05) is 30.0 Å². The average Bonchev–Trinajstić information content (AvgIpc) is 2.45. The van der Waals surface area contributed by atoms with Crippen molar-refractivity contribution in [2.75, 3.05) is 26.2 Å². The zero-order valence-electron chi connectivity index (χ0n) is 12.8. The molecule has 2 saturated heterocycles. The third-order valence-electron chi connectivity index (χ3n) is 5.78. The molecule has 3 unspecified atom stereocenters. The summed E-state index contributed by atoms with van der Waals surface area (Å²) in [4.78, 5) is 2.57. The number of fused-ring (bicyclic) bond motifs is 1. The van der Waals surface area contributed by atoms with Crippen molar-refractivity contribution in [2.24, 2.45) is 11.3 Å². The van der Waals surface area contributed by atoms with E-state index in [0.717, 1.165) is 18.6 Å². The Morgan fingerprint density at radius 3 is 2.63 bits per heavy atom. The normalized spacial score (nSPS) is 39.6. The van der Waals surface area contributed by atoms with E-state index in [1.807, 2.05) is 0 Å². The van der Waals surface area contributed by atoms with Gasteiger partial charge in [-0.15, -0.1) is 0 Å². The maximum atomic E-state index is 6.00. The SMILES string of the molecule is CCN1CCC(NC2C3CCCOC3C2(C)C)CC1. The molecule has 19 heavy (non-hydrogen) atoms. The van der Waals surface area contributed by atoms with Crippen molar-refractivity contribution in [2.45, 2.75) is 64.6 Å². The summed E-state index contributed by atoms with van der Waals surface area (Å²) in [6, 6.07) is 1.41. The second-order valence-electron chi connectivity index (χ2n) is 7.27. The maximum Gasteiger partial charge on any atom is 0.0684 e. The van der Waals surface area contributed by atoms with E-state index in [1.54, 1.807) is 0 Å². The fourth-order valence-electron chi connectivity index (χ4n) is 4.53. The van der Waals surface area contributed by atoms with Crippen molar-refractivity contribution < 1.29 is 4.74 Å². The topological polar surface area (TPSA) is 24.5 Å². The van der Waals surface area contributed by atoms with Gasteiger partial charge in [-0.2, -0.15) is 0 Å². The predicted molar refractivity (Wildman–Crippen MR) is 78.3 cm³/mol. The van der Waals surface area contributed by atoms with Crippen LogP contribution in [0.5, 0.6) is 0 Å². The first-order valence-electron chi connectivity index (χ1n) is 8.23. The zero-order chi connectivity index (χ0) is 13.5. The number of piperidine rings is 1. The summed E-state index contributed by atoms with van der Waals surface area (Å²) in [5.41, 5.74) is 0.326. The number of nitrogens with zero attached hydrogens (tertiary/aromatic N) is 1. The summed E-state index contributed by atoms with van der Waals surface area (Å²) in [6.07, 6.45) is 5.76. The molecular weight excluding hydrogens is 236 g/mol. The standard InChI is InChI=1S/C16H30N2O/c1-4-18-9-7-12(8-10-18)17-14-13-6-5-11-19-15(13)16(14,2)3/h12-15,17H,4-11H2,1-3H3. The smallest absolute Gasteiger partial charge is 0.0684 e. The van der Waals surface area contributed by atoms with Crippen molar-refractivity contribution in [1.29, 1.82) is 0 Å². The Balaban J connectivity index is 1.55. The molecule has 0 aromatic heterocycles. The fourth-order valence-corrected chi connectivity index (χ4v) is 4.53. The summed E-state index contributed by atoms with van der Waals surface area (Å²) >= 11 is 0. The van der Waals surface area contributed by atoms with Gasteiger partial charge in [-0.1, -0.05) is 20.8 Å². The minimum absolute atomic E-state index is 0.326. The minimum Gasteiger partial charge on any atom is -0.377 e. The Morgan fingerprint density at radius 2 is 1.95 bits per heavy atom. The molecule has 3 rings (SSSR count). The molecular formula is C16H30N2O. The van der Waals surface area contributed by atoms with Gasteiger partial charge in [0.2, 0.25) is 0 Å². The summed E-state index contributed by atoms with van der Waals surface area (Å²) in [7, 11) is 0. The summed E-state index contributed by atoms with van der Waals surface area (Å²) in [6.45, 7) is 11.8. The Bertz CT molecular complexity index is 310. The quantitative estimate of drug-likeness (QED) is 0.848. The number of likely N-dealkylation sites (tertiary alicyclic amines) is 1. The minimum atomic E-state index is 0.326. The third-order valence-corrected chi connectivity index (χ3v) is 5.78. The third kappa shape index (κ3) is 2.45. The van der Waals surface area contributed by atoms with Crippen molar-refractivity contribution in [3.8, 4) is 0 Å². The molecule has 0 radical (unpaired) electrons. The van der Waals surface area contributed by atoms with Gasteiger partial charge in [0.15, 0.2) is 0 Å². The molecule has 110 valence electrons. The molecule has 3 heteroatoms. The van der Waals surface area contributed by atoms with Crippen LogP contribution in [0, 0.1) is 11.3 Å². The van der Waals surface area contributed by atoms with Crippen LogP contribution < -0.4 is 5.32 Å². The lowest BCUT2D eigenvalue weighted by molar-refractivity contribution is -0.195. The molecule has 2 aliphatic heterocycles. The highest BCUT2D eigenvalue weighted by Gasteiger charge is 2.58. The highest BCUT2D eigenvalue weighted by molar-refractivity contribution is 5.11. The van der Waals surface area contributed by atoms with E-state index in [0.29, 0.717) is 17.6 Å². The van der Waals surface area contributed by atoms with Crippen LogP contribution >= 0.6 is 0 Å². The average molecular weight is 266 g/mol. The second-order valence-corrected chi connectivity index (χ2v) is 7.27. The molecule has 0 amide bonds. The van der Waals surface area contributed by atoms with E-state index in [-0.39, 0.29) is 0 Å². The summed E-state index contributed by atoms with van der Waals surface area (Å²) in [5, 5.41) is 3.98. The van der Waals surface area contributed by atoms with Crippen LogP contribution in [0.1, 0.15) is 46.5 Å². The Hall–Kier alpha value is -0.120. The molecule has 1 N–H and O–H groups in total. The van der Waals surface area contributed by atoms with Crippen LogP contribution in [0.2, 0.25) is 0 Å². The number of nitrogens with one attached hydrogen (secondary N) is 1. The highest BCUT2D eigenvalue weighted by atomic mass is 16.5. The number of rotatable bonds is 3. The van der Waals surface area contributed by atoms with Crippen molar-refractivity contribution in [1.82, 2.24) is 10.2 Å². The summed E-state index contributed by atoms with van der Waals surface area (Å²) in [5.74, 6) is 0.771. The van der Waals surface area contributed by atoms with Crippen LogP contribution in [0.4, 0.5) is 0 Å². The molecule has 3 fully saturated rings. The first-order chi connectivity index (χ1) is 9.13. The van der Waals surface area contributed by atoms with Gasteiger partial charge >= 0.3 is 0 Å². The van der Waals surface area contributed by atoms with Crippen LogP contribution in [0.25, 0.3) is 0 Å². The second kappa shape index (κ2) is 5.34. The van der Waals surface area contributed by atoms with Gasteiger partial charge < -0.3 is 15.0 Å². The lowest BCUT2D eigenvalue weighted by Gasteiger charge is -2.61. The fraction of sp³-hybridized carbons (Fsp3) is 1.00. The van der Waals surface area contributed by atoms with Crippen LogP contribution in [0.15, 0.2) is 0 Å². The first-order valence-corrected chi connectivity index (χ1v) is 8.23. The molecule has 0 spiro atoms. The zero-order valence-corrected chi connectivity index (χ0v) is 12.8. The van der Waals surface area contributed by atoms with Gasteiger partial charge in [0.05, 0.1) is 6.10 Å². The molecule has 3 aliphatic rings. The molecule has 0 aromatic rings. The van der Waals surface area contributed by atoms with Crippen molar-refractivity contribution in [3.63, 3.8) is 0 Å². The van der Waals surface area contributed by atoms with E-state index >= 15 is 0 Å². The van der Waals surface area contributed by atoms with E-state index in [2.05, 4.69) is 31.0 Å². The van der Waals surface area contributed by atoms with E-state index < -0.39 is 0 Å². The van der Waals surface area contributed by atoms with E-state index in [1.165, 1.54) is 45.3 Å². The molecule has 1 saturated carbocycles. The Morgan fingerprint density at radius 1 is 1.21 bits per heavy atom. The number of hydrogen-bond donors (Lipinski definition) is 1. The molecule has 3 nitrogen and oxygen atoms in total. The highest BCUT2D eigenvalue weighted by Crippen LogP contribution is 2.51. The van der Waals surface area contributed by atoms with E-state index in [9.17, 15) is 0 Å². The van der Waals surface area contributed by atoms with Gasteiger partial charge in [-0.25, -0.2) is 0 Å². The molecule has 3 atom stereocenters. The predicted octanol–water partition coefficient (Wildman–Crippen LogP) is 2.26. The maximum absolute atomic E-state index is 6.00. The largest absolute Gasteiger partial charge is 0.377 e.